The number of rotatable bonds is 5. The summed E-state index contributed by atoms with van der Waals surface area (Å²) in [6.07, 6.45) is 1.79. The van der Waals surface area contributed by atoms with Crippen LogP contribution in [0.15, 0.2) is 35.5 Å². The summed E-state index contributed by atoms with van der Waals surface area (Å²) in [6.45, 7) is 3.93. The van der Waals surface area contributed by atoms with Gasteiger partial charge < -0.3 is 4.74 Å². The third-order valence-corrected chi connectivity index (χ3v) is 3.02. The molecular formula is C15H16ClN3O2. The lowest BCUT2D eigenvalue weighted by molar-refractivity contribution is -0.141. The molecule has 2 rings (SSSR count). The summed E-state index contributed by atoms with van der Waals surface area (Å²) in [6, 6.07) is 7.37. The Bertz CT molecular complexity index is 647. The molecule has 0 aliphatic carbocycles. The molecule has 0 spiro atoms. The first-order valence-electron chi connectivity index (χ1n) is 6.59. The van der Waals surface area contributed by atoms with Crippen LogP contribution >= 0.6 is 11.6 Å². The number of aromatic nitrogens is 2. The second-order valence-electron chi connectivity index (χ2n) is 4.47. The van der Waals surface area contributed by atoms with Crippen molar-refractivity contribution in [3.8, 4) is 11.3 Å². The normalized spacial score (nSPS) is 11.5. The monoisotopic (exact) mass is 305 g/mol. The Balaban J connectivity index is 2.20. The maximum Gasteiger partial charge on any atom is 0.311 e. The maximum atomic E-state index is 11.4. The number of H-pyrrole nitrogens is 1. The summed E-state index contributed by atoms with van der Waals surface area (Å²) in [5.41, 5.74) is 3.07. The zero-order valence-corrected chi connectivity index (χ0v) is 12.6. The average Bonchev–Trinajstić information content (AvgIpc) is 2.87. The van der Waals surface area contributed by atoms with Crippen LogP contribution in [0.4, 0.5) is 5.69 Å². The van der Waals surface area contributed by atoms with Gasteiger partial charge in [0, 0.05) is 16.3 Å². The van der Waals surface area contributed by atoms with E-state index in [-0.39, 0.29) is 12.4 Å². The molecule has 1 heterocycles. The van der Waals surface area contributed by atoms with Crippen molar-refractivity contribution in [2.45, 2.75) is 20.3 Å². The largest absolute Gasteiger partial charge is 0.466 e. The summed E-state index contributed by atoms with van der Waals surface area (Å²) >= 11 is 5.88. The van der Waals surface area contributed by atoms with Crippen molar-refractivity contribution in [3.05, 3.63) is 35.5 Å². The van der Waals surface area contributed by atoms with Gasteiger partial charge in [0.2, 0.25) is 0 Å². The molecule has 0 amide bonds. The Kier molecular flexibility index (Phi) is 5.11. The molecule has 1 N–H and O–H groups in total. The fraction of sp³-hybridized carbons (Fsp3) is 0.267. The first-order valence-corrected chi connectivity index (χ1v) is 6.97. The van der Waals surface area contributed by atoms with Crippen molar-refractivity contribution >= 4 is 29.0 Å². The quantitative estimate of drug-likeness (QED) is 0.675. The number of carbonyl (C=O) groups excluding carboxylic acids is 1. The van der Waals surface area contributed by atoms with Crippen molar-refractivity contribution < 1.29 is 9.53 Å². The van der Waals surface area contributed by atoms with Gasteiger partial charge in [0.25, 0.3) is 0 Å². The van der Waals surface area contributed by atoms with E-state index in [1.54, 1.807) is 32.2 Å². The first kappa shape index (κ1) is 15.3. The molecule has 21 heavy (non-hydrogen) atoms. The highest BCUT2D eigenvalue weighted by molar-refractivity contribution is 6.30. The summed E-state index contributed by atoms with van der Waals surface area (Å²) in [5, 5.41) is 7.59. The van der Waals surface area contributed by atoms with Crippen molar-refractivity contribution in [1.82, 2.24) is 10.2 Å². The topological polar surface area (TPSA) is 67.3 Å². The minimum atomic E-state index is -0.282. The lowest BCUT2D eigenvalue weighted by Gasteiger charge is -2.03. The Morgan fingerprint density at radius 1 is 1.38 bits per heavy atom. The lowest BCUT2D eigenvalue weighted by atomic mass is 10.1. The molecule has 0 aliphatic heterocycles. The predicted molar refractivity (Wildman–Crippen MR) is 83.1 cm³/mol. The third kappa shape index (κ3) is 4.16. The Labute approximate surface area is 128 Å². The zero-order valence-electron chi connectivity index (χ0n) is 11.9. The molecule has 1 aromatic carbocycles. The molecule has 5 nitrogen and oxygen atoms in total. The van der Waals surface area contributed by atoms with Crippen LogP contribution in [0.5, 0.6) is 0 Å². The highest BCUT2D eigenvalue weighted by atomic mass is 35.5. The standard InChI is InChI=1S/C15H16ClN3O2/c1-3-21-14(20)8-10(2)18-13-9-17-19-15(13)11-4-6-12(16)7-5-11/h4-7,9H,3,8H2,1-2H3,(H,17,19). The maximum absolute atomic E-state index is 11.4. The molecule has 1 aromatic heterocycles. The lowest BCUT2D eigenvalue weighted by Crippen LogP contribution is -2.08. The van der Waals surface area contributed by atoms with E-state index in [2.05, 4.69) is 15.2 Å². The van der Waals surface area contributed by atoms with Gasteiger partial charge in [-0.1, -0.05) is 23.7 Å². The SMILES string of the molecule is CCOC(=O)CC(C)=Nc1cn[nH]c1-c1ccc(Cl)cc1. The number of ether oxygens (including phenoxy) is 1. The fourth-order valence-corrected chi connectivity index (χ4v) is 1.99. The second-order valence-corrected chi connectivity index (χ2v) is 4.90. The zero-order chi connectivity index (χ0) is 15.2. The van der Waals surface area contributed by atoms with Gasteiger partial charge in [-0.2, -0.15) is 5.10 Å². The number of carbonyl (C=O) groups is 1. The molecule has 0 radical (unpaired) electrons. The van der Waals surface area contributed by atoms with E-state index in [4.69, 9.17) is 16.3 Å². The molecule has 110 valence electrons. The van der Waals surface area contributed by atoms with Gasteiger partial charge >= 0.3 is 5.97 Å². The number of esters is 1. The predicted octanol–water partition coefficient (Wildman–Crippen LogP) is 3.78. The van der Waals surface area contributed by atoms with Crippen molar-refractivity contribution in [2.75, 3.05) is 6.61 Å². The van der Waals surface area contributed by atoms with Gasteiger partial charge in [0.05, 0.1) is 24.9 Å². The molecule has 0 saturated heterocycles. The van der Waals surface area contributed by atoms with Crippen molar-refractivity contribution in [3.63, 3.8) is 0 Å². The molecular weight excluding hydrogens is 290 g/mol. The fourth-order valence-electron chi connectivity index (χ4n) is 1.86. The van der Waals surface area contributed by atoms with Crippen LogP contribution in [0.3, 0.4) is 0 Å². The minimum absolute atomic E-state index is 0.166. The molecule has 0 atom stereocenters. The number of halogens is 1. The summed E-state index contributed by atoms with van der Waals surface area (Å²) < 4.78 is 4.90. The van der Waals surface area contributed by atoms with E-state index in [9.17, 15) is 4.79 Å². The van der Waals surface area contributed by atoms with E-state index in [0.717, 1.165) is 11.3 Å². The Morgan fingerprint density at radius 2 is 2.10 bits per heavy atom. The summed E-state index contributed by atoms with van der Waals surface area (Å²) in [4.78, 5) is 15.9. The number of nitrogens with zero attached hydrogens (tertiary/aromatic N) is 2. The molecule has 6 heteroatoms. The second kappa shape index (κ2) is 7.04. The van der Waals surface area contributed by atoms with E-state index in [1.165, 1.54) is 0 Å². The number of hydrogen-bond donors (Lipinski definition) is 1. The summed E-state index contributed by atoms with van der Waals surface area (Å²) in [5.74, 6) is -0.282. The smallest absolute Gasteiger partial charge is 0.311 e. The van der Waals surface area contributed by atoms with Crippen LogP contribution in [0.2, 0.25) is 5.02 Å². The van der Waals surface area contributed by atoms with Gasteiger partial charge in [0.15, 0.2) is 0 Å². The van der Waals surface area contributed by atoms with Gasteiger partial charge in [-0.3, -0.25) is 14.9 Å². The molecule has 2 aromatic rings. The van der Waals surface area contributed by atoms with Crippen LogP contribution in [0.1, 0.15) is 20.3 Å². The summed E-state index contributed by atoms with van der Waals surface area (Å²) in [7, 11) is 0. The number of hydrogen-bond acceptors (Lipinski definition) is 4. The minimum Gasteiger partial charge on any atom is -0.466 e. The van der Waals surface area contributed by atoms with E-state index in [0.29, 0.717) is 23.0 Å². The van der Waals surface area contributed by atoms with Crippen LogP contribution in [0, 0.1) is 0 Å². The number of aliphatic imine (C=N–C) groups is 1. The number of benzene rings is 1. The van der Waals surface area contributed by atoms with Crippen LogP contribution in [-0.2, 0) is 9.53 Å². The van der Waals surface area contributed by atoms with Crippen molar-refractivity contribution in [2.24, 2.45) is 4.99 Å². The Morgan fingerprint density at radius 3 is 2.76 bits per heavy atom. The van der Waals surface area contributed by atoms with Gasteiger partial charge in [0.1, 0.15) is 5.69 Å². The Hall–Kier alpha value is -2.14. The van der Waals surface area contributed by atoms with Gasteiger partial charge in [-0.05, 0) is 26.0 Å². The van der Waals surface area contributed by atoms with E-state index in [1.807, 2.05) is 12.1 Å². The third-order valence-electron chi connectivity index (χ3n) is 2.77. The molecule has 0 saturated carbocycles. The van der Waals surface area contributed by atoms with Gasteiger partial charge in [-0.25, -0.2) is 0 Å². The van der Waals surface area contributed by atoms with Crippen molar-refractivity contribution in [1.29, 1.82) is 0 Å². The highest BCUT2D eigenvalue weighted by Gasteiger charge is 2.09. The van der Waals surface area contributed by atoms with E-state index < -0.39 is 0 Å². The van der Waals surface area contributed by atoms with E-state index >= 15 is 0 Å². The molecule has 0 unspecified atom stereocenters. The molecule has 0 bridgehead atoms. The highest BCUT2D eigenvalue weighted by Crippen LogP contribution is 2.28. The van der Waals surface area contributed by atoms with Crippen LogP contribution in [-0.4, -0.2) is 28.5 Å². The average molecular weight is 306 g/mol. The molecule has 0 aliphatic rings. The van der Waals surface area contributed by atoms with Crippen LogP contribution < -0.4 is 0 Å². The van der Waals surface area contributed by atoms with Gasteiger partial charge in [-0.15, -0.1) is 0 Å². The first-order chi connectivity index (χ1) is 10.1. The number of nitrogens with one attached hydrogen (secondary N) is 1. The van der Waals surface area contributed by atoms with Crippen LogP contribution in [0.25, 0.3) is 11.3 Å². The number of aromatic amines is 1. The molecule has 0 fully saturated rings.